The van der Waals surface area contributed by atoms with Gasteiger partial charge in [-0.25, -0.2) is 0 Å². The van der Waals surface area contributed by atoms with E-state index >= 15 is 0 Å². The molecule has 2 rings (SSSR count). The molecule has 1 heteroatoms. The van der Waals surface area contributed by atoms with Crippen molar-refractivity contribution in [3.63, 3.8) is 0 Å². The third-order valence-corrected chi connectivity index (χ3v) is 3.57. The molecule has 0 bridgehead atoms. The number of hydrogen-bond acceptors (Lipinski definition) is 1. The molecule has 1 saturated carbocycles. The van der Waals surface area contributed by atoms with Crippen LogP contribution in [-0.4, -0.2) is 6.29 Å². The van der Waals surface area contributed by atoms with Crippen LogP contribution in [0.15, 0.2) is 30.3 Å². The number of benzene rings is 1. The van der Waals surface area contributed by atoms with Crippen LogP contribution in [0, 0.1) is 11.3 Å². The Kier molecular flexibility index (Phi) is 2.22. The van der Waals surface area contributed by atoms with Gasteiger partial charge >= 0.3 is 0 Å². The van der Waals surface area contributed by atoms with Gasteiger partial charge in [-0.3, -0.25) is 0 Å². The molecule has 1 aliphatic rings. The molecule has 1 aliphatic carbocycles. The van der Waals surface area contributed by atoms with Crippen LogP contribution in [0.5, 0.6) is 0 Å². The fourth-order valence-corrected chi connectivity index (χ4v) is 2.62. The summed E-state index contributed by atoms with van der Waals surface area (Å²) in [7, 11) is 0. The summed E-state index contributed by atoms with van der Waals surface area (Å²) in [5, 5.41) is 0. The summed E-state index contributed by atoms with van der Waals surface area (Å²) in [5.41, 5.74) is 1.20. The molecule has 15 heavy (non-hydrogen) atoms. The monoisotopic (exact) mass is 202 g/mol. The first-order valence-electron chi connectivity index (χ1n) is 5.52. The third-order valence-electron chi connectivity index (χ3n) is 3.57. The van der Waals surface area contributed by atoms with Crippen LogP contribution in [-0.2, 0) is 10.2 Å². The molecule has 0 radical (unpaired) electrons. The van der Waals surface area contributed by atoms with Crippen molar-refractivity contribution in [1.82, 2.24) is 0 Å². The van der Waals surface area contributed by atoms with Crippen LogP contribution >= 0.6 is 0 Å². The first kappa shape index (κ1) is 10.4. The van der Waals surface area contributed by atoms with Crippen molar-refractivity contribution in [3.05, 3.63) is 35.9 Å². The lowest BCUT2D eigenvalue weighted by Gasteiger charge is -2.21. The Morgan fingerprint density at radius 1 is 1.27 bits per heavy atom. The molecule has 0 unspecified atom stereocenters. The van der Waals surface area contributed by atoms with Gasteiger partial charge in [0.1, 0.15) is 6.29 Å². The molecule has 0 heterocycles. The highest BCUT2D eigenvalue weighted by molar-refractivity contribution is 5.74. The van der Waals surface area contributed by atoms with Crippen LogP contribution < -0.4 is 0 Å². The van der Waals surface area contributed by atoms with Crippen molar-refractivity contribution in [2.75, 3.05) is 0 Å². The Balaban J connectivity index is 2.33. The second-order valence-electron chi connectivity index (χ2n) is 5.65. The first-order chi connectivity index (χ1) is 7.00. The van der Waals surface area contributed by atoms with Gasteiger partial charge in [0.15, 0.2) is 0 Å². The first-order valence-corrected chi connectivity index (χ1v) is 5.52. The molecule has 1 fully saturated rings. The average Bonchev–Trinajstić information content (AvgIpc) is 2.94. The second-order valence-corrected chi connectivity index (χ2v) is 5.65. The minimum atomic E-state index is -0.195. The molecule has 0 aliphatic heterocycles. The molecule has 1 aromatic carbocycles. The van der Waals surface area contributed by atoms with E-state index < -0.39 is 0 Å². The molecule has 2 atom stereocenters. The summed E-state index contributed by atoms with van der Waals surface area (Å²) < 4.78 is 0. The van der Waals surface area contributed by atoms with Gasteiger partial charge < -0.3 is 4.79 Å². The molecule has 0 aromatic heterocycles. The van der Waals surface area contributed by atoms with Gasteiger partial charge in [0.25, 0.3) is 0 Å². The van der Waals surface area contributed by atoms with Crippen molar-refractivity contribution < 1.29 is 4.79 Å². The van der Waals surface area contributed by atoms with Gasteiger partial charge in [-0.1, -0.05) is 51.1 Å². The minimum Gasteiger partial charge on any atom is -0.302 e. The number of hydrogen-bond donors (Lipinski definition) is 0. The van der Waals surface area contributed by atoms with Crippen molar-refractivity contribution in [1.29, 1.82) is 0 Å². The predicted octanol–water partition coefficient (Wildman–Crippen LogP) is 3.19. The predicted molar refractivity (Wildman–Crippen MR) is 61.7 cm³/mol. The van der Waals surface area contributed by atoms with Crippen molar-refractivity contribution in [3.8, 4) is 0 Å². The van der Waals surface area contributed by atoms with Gasteiger partial charge in [-0.2, -0.15) is 0 Å². The van der Waals surface area contributed by atoms with E-state index in [0.717, 1.165) is 12.7 Å². The zero-order chi connectivity index (χ0) is 11.1. The number of aldehydes is 1. The maximum Gasteiger partial charge on any atom is 0.130 e. The summed E-state index contributed by atoms with van der Waals surface area (Å²) in [5.74, 6) is 0.491. The highest BCUT2D eigenvalue weighted by Crippen LogP contribution is 2.60. The van der Waals surface area contributed by atoms with Crippen LogP contribution in [0.1, 0.15) is 32.8 Å². The van der Waals surface area contributed by atoms with Crippen LogP contribution in [0.4, 0.5) is 0 Å². The second kappa shape index (κ2) is 3.19. The van der Waals surface area contributed by atoms with Gasteiger partial charge in [-0.05, 0) is 23.3 Å². The normalized spacial score (nSPS) is 29.9. The smallest absolute Gasteiger partial charge is 0.130 e. The Bertz CT molecular complexity index is 361. The maximum absolute atomic E-state index is 11.3. The van der Waals surface area contributed by atoms with E-state index in [0.29, 0.717) is 5.92 Å². The SMILES string of the molecule is CC(C)(C)[C@H]1C[C@@]1(C=O)c1ccccc1. The molecule has 0 saturated heterocycles. The lowest BCUT2D eigenvalue weighted by molar-refractivity contribution is -0.110. The highest BCUT2D eigenvalue weighted by atomic mass is 16.1. The zero-order valence-corrected chi connectivity index (χ0v) is 9.66. The summed E-state index contributed by atoms with van der Waals surface area (Å²) in [4.78, 5) is 11.3. The summed E-state index contributed by atoms with van der Waals surface area (Å²) in [6.45, 7) is 6.64. The van der Waals surface area contributed by atoms with E-state index in [2.05, 4.69) is 32.9 Å². The topological polar surface area (TPSA) is 17.1 Å². The molecule has 1 aromatic rings. The van der Waals surface area contributed by atoms with E-state index in [-0.39, 0.29) is 10.8 Å². The molecule has 1 nitrogen and oxygen atoms in total. The van der Waals surface area contributed by atoms with Crippen molar-refractivity contribution in [2.45, 2.75) is 32.6 Å². The Hall–Kier alpha value is -1.11. The maximum atomic E-state index is 11.3. The summed E-state index contributed by atoms with van der Waals surface area (Å²) in [6.07, 6.45) is 2.16. The fraction of sp³-hybridized carbons (Fsp3) is 0.500. The lowest BCUT2D eigenvalue weighted by atomic mass is 9.82. The highest BCUT2D eigenvalue weighted by Gasteiger charge is 2.59. The Labute approximate surface area is 91.5 Å². The van der Waals surface area contributed by atoms with Gasteiger partial charge in [0, 0.05) is 0 Å². The largest absolute Gasteiger partial charge is 0.302 e. The van der Waals surface area contributed by atoms with E-state index in [9.17, 15) is 4.79 Å². The quantitative estimate of drug-likeness (QED) is 0.673. The van der Waals surface area contributed by atoms with E-state index in [1.807, 2.05) is 18.2 Å². The number of carbonyl (C=O) groups is 1. The minimum absolute atomic E-state index is 0.195. The van der Waals surface area contributed by atoms with Crippen LogP contribution in [0.3, 0.4) is 0 Å². The summed E-state index contributed by atoms with van der Waals surface area (Å²) in [6, 6.07) is 10.2. The van der Waals surface area contributed by atoms with Gasteiger partial charge in [0.2, 0.25) is 0 Å². The van der Waals surface area contributed by atoms with Gasteiger partial charge in [0.05, 0.1) is 5.41 Å². The molecular weight excluding hydrogens is 184 g/mol. The molecule has 0 spiro atoms. The average molecular weight is 202 g/mol. The lowest BCUT2D eigenvalue weighted by Crippen LogP contribution is -2.20. The van der Waals surface area contributed by atoms with Crippen LogP contribution in [0.25, 0.3) is 0 Å². The summed E-state index contributed by atoms with van der Waals surface area (Å²) >= 11 is 0. The van der Waals surface area contributed by atoms with Crippen molar-refractivity contribution >= 4 is 6.29 Å². The molecular formula is C14H18O. The number of carbonyl (C=O) groups excluding carboxylic acids is 1. The van der Waals surface area contributed by atoms with Crippen molar-refractivity contribution in [2.24, 2.45) is 11.3 Å². The fourth-order valence-electron chi connectivity index (χ4n) is 2.62. The third kappa shape index (κ3) is 1.60. The van der Waals surface area contributed by atoms with E-state index in [1.54, 1.807) is 0 Å². The Morgan fingerprint density at radius 2 is 1.87 bits per heavy atom. The van der Waals surface area contributed by atoms with E-state index in [1.165, 1.54) is 5.56 Å². The molecule has 0 amide bonds. The molecule has 80 valence electrons. The Morgan fingerprint density at radius 3 is 2.27 bits per heavy atom. The van der Waals surface area contributed by atoms with E-state index in [4.69, 9.17) is 0 Å². The standard InChI is InChI=1S/C14H18O/c1-13(2,3)12-9-14(12,10-15)11-7-5-4-6-8-11/h4-8,10,12H,9H2,1-3H3/t12-,14-/m1/s1. The van der Waals surface area contributed by atoms with Gasteiger partial charge in [-0.15, -0.1) is 0 Å². The zero-order valence-electron chi connectivity index (χ0n) is 9.66. The number of rotatable bonds is 2. The molecule has 0 N–H and O–H groups in total. The van der Waals surface area contributed by atoms with Crippen LogP contribution in [0.2, 0.25) is 0 Å².